The Balaban J connectivity index is 2.05. The number of imidazole rings is 1. The molecule has 0 unspecified atom stereocenters. The van der Waals surface area contributed by atoms with E-state index in [0.29, 0.717) is 10.5 Å². The van der Waals surface area contributed by atoms with Crippen LogP contribution in [0, 0.1) is 4.77 Å². The molecule has 0 saturated carbocycles. The maximum absolute atomic E-state index is 10.8. The van der Waals surface area contributed by atoms with Gasteiger partial charge in [-0.1, -0.05) is 36.0 Å². The Bertz CT molecular complexity index is 638. The Hall–Kier alpha value is -1.59. The number of nitrogens with zero attached hydrogens (tertiary/aromatic N) is 1. The SMILES string of the molecule is CC(=O)SCC=Cc1ccc(-n2cc[nH]c2=S)cc1. The average molecular weight is 290 g/mol. The molecule has 0 aliphatic heterocycles. The topological polar surface area (TPSA) is 37.8 Å². The van der Waals surface area contributed by atoms with E-state index in [1.54, 1.807) is 6.92 Å². The van der Waals surface area contributed by atoms with E-state index in [0.717, 1.165) is 11.3 Å². The highest BCUT2D eigenvalue weighted by Gasteiger charge is 1.96. The number of hydrogen-bond donors (Lipinski definition) is 1. The van der Waals surface area contributed by atoms with Crippen molar-refractivity contribution in [2.45, 2.75) is 6.92 Å². The number of aromatic nitrogens is 2. The van der Waals surface area contributed by atoms with Gasteiger partial charge in [0.2, 0.25) is 0 Å². The molecule has 0 atom stereocenters. The normalized spacial score (nSPS) is 11.0. The molecule has 0 spiro atoms. The van der Waals surface area contributed by atoms with Gasteiger partial charge in [-0.15, -0.1) is 0 Å². The summed E-state index contributed by atoms with van der Waals surface area (Å²) in [4.78, 5) is 13.7. The van der Waals surface area contributed by atoms with E-state index in [-0.39, 0.29) is 5.12 Å². The number of carbonyl (C=O) groups excluding carboxylic acids is 1. The zero-order chi connectivity index (χ0) is 13.7. The second kappa shape index (κ2) is 6.54. The number of benzene rings is 1. The minimum atomic E-state index is 0.141. The molecule has 0 radical (unpaired) electrons. The molecule has 0 saturated heterocycles. The van der Waals surface area contributed by atoms with Gasteiger partial charge in [0.05, 0.1) is 0 Å². The van der Waals surface area contributed by atoms with E-state index in [1.807, 2.05) is 53.4 Å². The van der Waals surface area contributed by atoms with Gasteiger partial charge in [-0.05, 0) is 29.9 Å². The molecule has 3 nitrogen and oxygen atoms in total. The molecule has 0 amide bonds. The smallest absolute Gasteiger partial charge is 0.186 e. The summed E-state index contributed by atoms with van der Waals surface area (Å²) >= 11 is 6.47. The molecule has 5 heteroatoms. The van der Waals surface area contributed by atoms with Crippen molar-refractivity contribution in [2.75, 3.05) is 5.75 Å². The van der Waals surface area contributed by atoms with Gasteiger partial charge in [0.15, 0.2) is 9.89 Å². The highest BCUT2D eigenvalue weighted by Crippen LogP contribution is 2.12. The van der Waals surface area contributed by atoms with Crippen LogP contribution in [0.1, 0.15) is 12.5 Å². The summed E-state index contributed by atoms with van der Waals surface area (Å²) in [5.74, 6) is 0.708. The van der Waals surface area contributed by atoms with Crippen LogP contribution in [0.25, 0.3) is 11.8 Å². The Kier molecular flexibility index (Phi) is 4.76. The summed E-state index contributed by atoms with van der Waals surface area (Å²) in [7, 11) is 0. The first-order valence-electron chi connectivity index (χ1n) is 5.83. The largest absolute Gasteiger partial charge is 0.337 e. The van der Waals surface area contributed by atoms with Crippen LogP contribution in [-0.4, -0.2) is 20.4 Å². The quantitative estimate of drug-likeness (QED) is 0.870. The Morgan fingerprint density at radius 1 is 1.42 bits per heavy atom. The van der Waals surface area contributed by atoms with Gasteiger partial charge in [-0.2, -0.15) is 0 Å². The Morgan fingerprint density at radius 2 is 2.16 bits per heavy atom. The second-order valence-corrected chi connectivity index (χ2v) is 5.52. The lowest BCUT2D eigenvalue weighted by Gasteiger charge is -2.02. The third kappa shape index (κ3) is 3.94. The molecule has 0 fully saturated rings. The summed E-state index contributed by atoms with van der Waals surface area (Å²) in [5.41, 5.74) is 2.14. The predicted molar refractivity (Wildman–Crippen MR) is 83.1 cm³/mol. The number of hydrogen-bond acceptors (Lipinski definition) is 3. The number of H-pyrrole nitrogens is 1. The van der Waals surface area contributed by atoms with Crippen molar-refractivity contribution < 1.29 is 4.79 Å². The molecule has 1 aromatic carbocycles. The summed E-state index contributed by atoms with van der Waals surface area (Å²) < 4.78 is 2.59. The fourth-order valence-corrected chi connectivity index (χ4v) is 2.28. The summed E-state index contributed by atoms with van der Waals surface area (Å²) in [6.45, 7) is 1.58. The van der Waals surface area contributed by atoms with Crippen molar-refractivity contribution in [3.63, 3.8) is 0 Å². The molecule has 98 valence electrons. The van der Waals surface area contributed by atoms with Crippen LogP contribution in [0.3, 0.4) is 0 Å². The zero-order valence-corrected chi connectivity index (χ0v) is 12.1. The van der Waals surface area contributed by atoms with Gasteiger partial charge in [0.1, 0.15) is 0 Å². The van der Waals surface area contributed by atoms with Crippen LogP contribution in [0.5, 0.6) is 0 Å². The van der Waals surface area contributed by atoms with Crippen molar-refractivity contribution in [1.29, 1.82) is 0 Å². The van der Waals surface area contributed by atoms with E-state index in [9.17, 15) is 4.79 Å². The van der Waals surface area contributed by atoms with Crippen molar-refractivity contribution >= 4 is 35.2 Å². The first kappa shape index (κ1) is 13.8. The molecule has 19 heavy (non-hydrogen) atoms. The fourth-order valence-electron chi connectivity index (χ4n) is 1.62. The number of rotatable bonds is 4. The summed E-state index contributed by atoms with van der Waals surface area (Å²) in [6, 6.07) is 8.08. The lowest BCUT2D eigenvalue weighted by Crippen LogP contribution is -1.91. The molecule has 0 aliphatic carbocycles. The van der Waals surface area contributed by atoms with E-state index in [2.05, 4.69) is 4.98 Å². The van der Waals surface area contributed by atoms with E-state index < -0.39 is 0 Å². The first-order valence-corrected chi connectivity index (χ1v) is 7.22. The van der Waals surface area contributed by atoms with Crippen molar-refractivity contribution in [1.82, 2.24) is 9.55 Å². The van der Waals surface area contributed by atoms with E-state index in [4.69, 9.17) is 12.2 Å². The molecular weight excluding hydrogens is 276 g/mol. The molecule has 0 aliphatic rings. The zero-order valence-electron chi connectivity index (χ0n) is 10.5. The van der Waals surface area contributed by atoms with Gasteiger partial charge < -0.3 is 4.98 Å². The molecular formula is C14H14N2OS2. The average Bonchev–Trinajstić information content (AvgIpc) is 2.81. The molecule has 1 heterocycles. The number of nitrogens with one attached hydrogen (secondary N) is 1. The second-order valence-electron chi connectivity index (χ2n) is 3.93. The van der Waals surface area contributed by atoms with Crippen molar-refractivity contribution in [3.05, 3.63) is 53.1 Å². The van der Waals surface area contributed by atoms with Crippen LogP contribution < -0.4 is 0 Å². The first-order chi connectivity index (χ1) is 9.16. The van der Waals surface area contributed by atoms with E-state index >= 15 is 0 Å². The van der Waals surface area contributed by atoms with Gasteiger partial charge in [-0.25, -0.2) is 0 Å². The third-order valence-corrected chi connectivity index (χ3v) is 3.59. The lowest BCUT2D eigenvalue weighted by molar-refractivity contribution is -0.109. The lowest BCUT2D eigenvalue weighted by atomic mass is 10.2. The van der Waals surface area contributed by atoms with Crippen LogP contribution in [0.4, 0.5) is 0 Å². The Labute approximate surface area is 121 Å². The van der Waals surface area contributed by atoms with Gasteiger partial charge in [-0.3, -0.25) is 9.36 Å². The van der Waals surface area contributed by atoms with E-state index in [1.165, 1.54) is 11.8 Å². The third-order valence-electron chi connectivity index (χ3n) is 2.51. The maximum Gasteiger partial charge on any atom is 0.186 e. The maximum atomic E-state index is 10.8. The Morgan fingerprint density at radius 3 is 2.74 bits per heavy atom. The van der Waals surface area contributed by atoms with Gasteiger partial charge >= 0.3 is 0 Å². The number of carbonyl (C=O) groups is 1. The predicted octanol–water partition coefficient (Wildman–Crippen LogP) is 3.83. The van der Waals surface area contributed by atoms with Crippen molar-refractivity contribution in [2.24, 2.45) is 0 Å². The minimum Gasteiger partial charge on any atom is -0.337 e. The van der Waals surface area contributed by atoms with Crippen molar-refractivity contribution in [3.8, 4) is 5.69 Å². The van der Waals surface area contributed by atoms with Crippen LogP contribution in [0.15, 0.2) is 42.7 Å². The number of thioether (sulfide) groups is 1. The highest BCUT2D eigenvalue weighted by atomic mass is 32.2. The fraction of sp³-hybridized carbons (Fsp3) is 0.143. The molecule has 1 aromatic heterocycles. The number of aromatic amines is 1. The molecule has 2 aromatic rings. The molecule has 0 bridgehead atoms. The van der Waals surface area contributed by atoms with Crippen LogP contribution in [-0.2, 0) is 4.79 Å². The van der Waals surface area contributed by atoms with Crippen LogP contribution in [0.2, 0.25) is 0 Å². The molecule has 2 rings (SSSR count). The minimum absolute atomic E-state index is 0.141. The summed E-state index contributed by atoms with van der Waals surface area (Å²) in [6.07, 6.45) is 7.71. The monoisotopic (exact) mass is 290 g/mol. The molecule has 1 N–H and O–H groups in total. The summed E-state index contributed by atoms with van der Waals surface area (Å²) in [5, 5.41) is 0.141. The van der Waals surface area contributed by atoms with Gasteiger partial charge in [0, 0.05) is 30.8 Å². The standard InChI is InChI=1S/C14H14N2OS2/c1-11(17)19-10-2-3-12-4-6-13(7-5-12)16-9-8-15-14(16)18/h2-9H,10H2,1H3,(H,15,18). The van der Waals surface area contributed by atoms with Gasteiger partial charge in [0.25, 0.3) is 0 Å². The highest BCUT2D eigenvalue weighted by molar-refractivity contribution is 8.13. The van der Waals surface area contributed by atoms with Crippen LogP contribution >= 0.6 is 24.0 Å².